The van der Waals surface area contributed by atoms with E-state index in [-0.39, 0.29) is 11.3 Å². The highest BCUT2D eigenvalue weighted by atomic mass is 19.4. The van der Waals surface area contributed by atoms with Gasteiger partial charge in [-0.2, -0.15) is 0 Å². The van der Waals surface area contributed by atoms with Gasteiger partial charge in [0, 0.05) is 16.6 Å². The fourth-order valence-corrected chi connectivity index (χ4v) is 3.31. The van der Waals surface area contributed by atoms with Crippen molar-refractivity contribution in [2.45, 2.75) is 26.1 Å². The van der Waals surface area contributed by atoms with E-state index >= 15 is 0 Å². The number of hydrogen-bond donors (Lipinski definition) is 2. The summed E-state index contributed by atoms with van der Waals surface area (Å²) in [5.41, 5.74) is 6.92. The summed E-state index contributed by atoms with van der Waals surface area (Å²) in [7, 11) is 0. The maximum Gasteiger partial charge on any atom is 0.573 e. The summed E-state index contributed by atoms with van der Waals surface area (Å²) in [6, 6.07) is 8.86. The lowest BCUT2D eigenvalue weighted by atomic mass is 9.97. The molecule has 0 spiro atoms. The second kappa shape index (κ2) is 7.16. The number of primary amides is 1. The van der Waals surface area contributed by atoms with Crippen LogP contribution in [-0.2, 0) is 4.79 Å². The van der Waals surface area contributed by atoms with Crippen LogP contribution < -0.4 is 10.5 Å². The third-order valence-corrected chi connectivity index (χ3v) is 4.63. The Morgan fingerprint density at radius 3 is 2.31 bits per heavy atom. The van der Waals surface area contributed by atoms with Crippen LogP contribution in [0, 0.1) is 6.92 Å². The summed E-state index contributed by atoms with van der Waals surface area (Å²) in [6.07, 6.45) is -4.83. The molecule has 29 heavy (non-hydrogen) atoms. The zero-order chi connectivity index (χ0) is 21.5. The van der Waals surface area contributed by atoms with E-state index in [1.165, 1.54) is 34.9 Å². The Balaban J connectivity index is 2.11. The maximum absolute atomic E-state index is 13.1. The summed E-state index contributed by atoms with van der Waals surface area (Å²) in [6.45, 7) is 3.22. The number of benzene rings is 2. The quantitative estimate of drug-likeness (QED) is 0.689. The average molecular weight is 406 g/mol. The van der Waals surface area contributed by atoms with Gasteiger partial charge in [-0.1, -0.05) is 0 Å². The van der Waals surface area contributed by atoms with Crippen LogP contribution in [0.1, 0.15) is 34.5 Å². The zero-order valence-electron chi connectivity index (χ0n) is 15.4. The third kappa shape index (κ3) is 3.89. The number of hydrogen-bond acceptors (Lipinski definition) is 4. The van der Waals surface area contributed by atoms with Gasteiger partial charge >= 0.3 is 6.36 Å². The molecule has 2 aromatic carbocycles. The predicted molar refractivity (Wildman–Crippen MR) is 98.8 cm³/mol. The minimum absolute atomic E-state index is 0.0475. The van der Waals surface area contributed by atoms with E-state index in [9.17, 15) is 27.9 Å². The number of ether oxygens (including phenoxy) is 1. The van der Waals surface area contributed by atoms with E-state index in [1.807, 2.05) is 0 Å². The lowest BCUT2D eigenvalue weighted by molar-refractivity contribution is -0.274. The van der Waals surface area contributed by atoms with Crippen molar-refractivity contribution in [2.75, 3.05) is 0 Å². The van der Waals surface area contributed by atoms with Crippen LogP contribution in [0.2, 0.25) is 0 Å². The molecule has 3 aromatic rings. The highest BCUT2D eigenvalue weighted by Gasteiger charge is 2.31. The molecule has 0 saturated heterocycles. The van der Waals surface area contributed by atoms with Crippen LogP contribution in [-0.4, -0.2) is 27.9 Å². The number of nitrogens with two attached hydrogens (primary N) is 1. The molecule has 0 aliphatic carbocycles. The zero-order valence-corrected chi connectivity index (χ0v) is 15.4. The highest BCUT2D eigenvalue weighted by molar-refractivity contribution is 6.05. The van der Waals surface area contributed by atoms with Crippen LogP contribution in [0.25, 0.3) is 10.9 Å². The van der Waals surface area contributed by atoms with Crippen LogP contribution >= 0.6 is 0 Å². The van der Waals surface area contributed by atoms with Crippen molar-refractivity contribution >= 4 is 22.7 Å². The molecule has 0 aliphatic rings. The first-order valence-electron chi connectivity index (χ1n) is 8.53. The molecule has 0 aliphatic heterocycles. The second-order valence-corrected chi connectivity index (χ2v) is 6.54. The van der Waals surface area contributed by atoms with Crippen molar-refractivity contribution in [1.82, 2.24) is 4.57 Å². The Bertz CT molecular complexity index is 1100. The lowest BCUT2D eigenvalue weighted by Crippen LogP contribution is -2.20. The number of alkyl halides is 3. The summed E-state index contributed by atoms with van der Waals surface area (Å²) in [5, 5.41) is 10.3. The van der Waals surface area contributed by atoms with Gasteiger partial charge < -0.3 is 15.6 Å². The molecular weight excluding hydrogens is 389 g/mol. The number of rotatable bonds is 4. The topological polar surface area (TPSA) is 94.5 Å². The SMILES string of the molecule is Cc1c([C@H](C)C(N)=O)c2cc(O)ccc2n1C(=O)c1ccc(OC(F)(F)F)cc1. The molecule has 3 rings (SSSR count). The first-order valence-corrected chi connectivity index (χ1v) is 8.53. The molecule has 1 aromatic heterocycles. The van der Waals surface area contributed by atoms with E-state index < -0.39 is 29.8 Å². The molecule has 1 heterocycles. The predicted octanol–water partition coefficient (Wildman–Crippen LogP) is 3.83. The molecule has 3 N–H and O–H groups in total. The second-order valence-electron chi connectivity index (χ2n) is 6.54. The highest BCUT2D eigenvalue weighted by Crippen LogP contribution is 2.34. The van der Waals surface area contributed by atoms with Crippen LogP contribution in [0.5, 0.6) is 11.5 Å². The molecule has 1 amide bonds. The first-order chi connectivity index (χ1) is 13.5. The number of carbonyl (C=O) groups is 2. The van der Waals surface area contributed by atoms with Crippen LogP contribution in [0.4, 0.5) is 13.2 Å². The molecule has 1 atom stereocenters. The third-order valence-electron chi connectivity index (χ3n) is 4.63. The monoisotopic (exact) mass is 406 g/mol. The van der Waals surface area contributed by atoms with Gasteiger partial charge in [0.05, 0.1) is 11.4 Å². The number of nitrogens with zero attached hydrogens (tertiary/aromatic N) is 1. The normalized spacial score (nSPS) is 12.7. The molecule has 0 unspecified atom stereocenters. The fraction of sp³-hybridized carbons (Fsp3) is 0.200. The van der Waals surface area contributed by atoms with Gasteiger partial charge in [0.2, 0.25) is 5.91 Å². The fourth-order valence-electron chi connectivity index (χ4n) is 3.31. The molecule has 9 heteroatoms. The minimum atomic E-state index is -4.83. The number of halogens is 3. The van der Waals surface area contributed by atoms with Crippen molar-refractivity contribution in [3.05, 3.63) is 59.3 Å². The van der Waals surface area contributed by atoms with Gasteiger partial charge in [-0.15, -0.1) is 13.2 Å². The van der Waals surface area contributed by atoms with Crippen molar-refractivity contribution in [2.24, 2.45) is 5.73 Å². The molecule has 0 saturated carbocycles. The average Bonchev–Trinajstić information content (AvgIpc) is 2.90. The van der Waals surface area contributed by atoms with Gasteiger partial charge in [0.1, 0.15) is 11.5 Å². The summed E-state index contributed by atoms with van der Waals surface area (Å²) < 4.78 is 42.1. The number of amides is 1. The summed E-state index contributed by atoms with van der Waals surface area (Å²) in [5.74, 6) is -2.34. The van der Waals surface area contributed by atoms with Crippen molar-refractivity contribution < 1.29 is 32.6 Å². The molecule has 152 valence electrons. The molecule has 6 nitrogen and oxygen atoms in total. The van der Waals surface area contributed by atoms with Crippen LogP contribution in [0.3, 0.4) is 0 Å². The van der Waals surface area contributed by atoms with Gasteiger partial charge in [0.15, 0.2) is 0 Å². The van der Waals surface area contributed by atoms with Crippen molar-refractivity contribution in [1.29, 1.82) is 0 Å². The molecule has 0 fully saturated rings. The van der Waals surface area contributed by atoms with E-state index in [2.05, 4.69) is 4.74 Å². The largest absolute Gasteiger partial charge is 0.573 e. The van der Waals surface area contributed by atoms with E-state index in [1.54, 1.807) is 13.8 Å². The Hall–Kier alpha value is -3.49. The number of aromatic hydroxyl groups is 1. The van der Waals surface area contributed by atoms with Gasteiger partial charge in [-0.05, 0) is 61.9 Å². The standard InChI is InChI=1S/C20H17F3N2O4/c1-10(18(24)27)17-11(2)25(16-8-5-13(26)9-15(16)17)19(28)12-3-6-14(7-4-12)29-20(21,22)23/h3-10,26H,1-2H3,(H2,24,27)/t10-/m0/s1. The number of fused-ring (bicyclic) bond motifs is 1. The number of carbonyl (C=O) groups excluding carboxylic acids is 2. The van der Waals surface area contributed by atoms with E-state index in [0.29, 0.717) is 22.2 Å². The van der Waals surface area contributed by atoms with Crippen molar-refractivity contribution in [3.63, 3.8) is 0 Å². The summed E-state index contributed by atoms with van der Waals surface area (Å²) >= 11 is 0. The van der Waals surface area contributed by atoms with Crippen molar-refractivity contribution in [3.8, 4) is 11.5 Å². The van der Waals surface area contributed by atoms with Gasteiger partial charge in [-0.25, -0.2) is 0 Å². The van der Waals surface area contributed by atoms with Gasteiger partial charge in [0.25, 0.3) is 5.91 Å². The Kier molecular flexibility index (Phi) is 5.00. The first kappa shape index (κ1) is 20.2. The maximum atomic E-state index is 13.1. The van der Waals surface area contributed by atoms with E-state index in [4.69, 9.17) is 5.73 Å². The summed E-state index contributed by atoms with van der Waals surface area (Å²) in [4.78, 5) is 24.8. The minimum Gasteiger partial charge on any atom is -0.508 e. The lowest BCUT2D eigenvalue weighted by Gasteiger charge is -2.11. The molecular formula is C20H17F3N2O4. The Morgan fingerprint density at radius 2 is 1.76 bits per heavy atom. The number of aromatic nitrogens is 1. The molecule has 0 bridgehead atoms. The van der Waals surface area contributed by atoms with E-state index in [0.717, 1.165) is 12.1 Å². The van der Waals surface area contributed by atoms with Gasteiger partial charge in [-0.3, -0.25) is 14.2 Å². The number of phenols is 1. The van der Waals surface area contributed by atoms with Crippen LogP contribution in [0.15, 0.2) is 42.5 Å². The Morgan fingerprint density at radius 1 is 1.14 bits per heavy atom. The Labute approximate surface area is 163 Å². The molecule has 0 radical (unpaired) electrons. The number of phenolic OH excluding ortho intramolecular Hbond substituents is 1. The smallest absolute Gasteiger partial charge is 0.508 e.